The quantitative estimate of drug-likeness (QED) is 0.510. The fourth-order valence-electron chi connectivity index (χ4n) is 2.71. The maximum atomic E-state index is 12.4. The number of hydrogen-bond donors (Lipinski definition) is 3. The summed E-state index contributed by atoms with van der Waals surface area (Å²) in [5.74, 6) is -1.09. The van der Waals surface area contributed by atoms with E-state index in [1.807, 2.05) is 0 Å². The maximum absolute atomic E-state index is 12.4. The van der Waals surface area contributed by atoms with Gasteiger partial charge in [-0.3, -0.25) is 9.36 Å². The molecule has 0 radical (unpaired) electrons. The van der Waals surface area contributed by atoms with E-state index in [1.54, 1.807) is 0 Å². The van der Waals surface area contributed by atoms with E-state index in [-0.39, 0.29) is 6.16 Å². The van der Waals surface area contributed by atoms with E-state index in [0.717, 1.165) is 25.7 Å². The summed E-state index contributed by atoms with van der Waals surface area (Å²) in [7, 11) is -3.61. The summed E-state index contributed by atoms with van der Waals surface area (Å²) >= 11 is 0. The number of rotatable bonds is 6. The van der Waals surface area contributed by atoms with Crippen LogP contribution in [0.4, 0.5) is 0 Å². The molecule has 4 N–H and O–H groups in total. The van der Waals surface area contributed by atoms with Gasteiger partial charge in [0.2, 0.25) is 7.37 Å². The van der Waals surface area contributed by atoms with Crippen molar-refractivity contribution in [2.45, 2.75) is 56.5 Å². The number of hydrogen-bond acceptors (Lipinski definition) is 3. The number of carbonyl (C=O) groups is 1. The minimum Gasteiger partial charge on any atom is -0.480 e. The second-order valence-corrected chi connectivity index (χ2v) is 7.88. The van der Waals surface area contributed by atoms with Gasteiger partial charge in [-0.1, -0.05) is 25.7 Å². The Hall–Kier alpha value is -0.380. The van der Waals surface area contributed by atoms with Crippen LogP contribution < -0.4 is 5.73 Å². The Balaban J connectivity index is 2.82. The van der Waals surface area contributed by atoms with Crippen molar-refractivity contribution in [2.75, 3.05) is 12.7 Å². The molecule has 0 bridgehead atoms. The van der Waals surface area contributed by atoms with Crippen LogP contribution in [0.2, 0.25) is 0 Å². The lowest BCUT2D eigenvalue weighted by Gasteiger charge is -2.32. The molecule has 0 saturated carbocycles. The van der Waals surface area contributed by atoms with Gasteiger partial charge in [-0.25, -0.2) is 0 Å². The molecule has 5 nitrogen and oxygen atoms in total. The highest BCUT2D eigenvalue weighted by Crippen LogP contribution is 2.61. The van der Waals surface area contributed by atoms with Crippen LogP contribution in [0.5, 0.6) is 0 Å². The first kappa shape index (κ1) is 15.7. The number of aliphatic carboxylic acids is 1. The molecule has 0 aliphatic carbocycles. The molecule has 1 aliphatic rings. The van der Waals surface area contributed by atoms with Crippen molar-refractivity contribution in [3.8, 4) is 0 Å². The minimum absolute atomic E-state index is 0.149. The molecule has 0 aromatic carbocycles. The molecule has 1 heterocycles. The smallest absolute Gasteiger partial charge is 0.319 e. The highest BCUT2D eigenvalue weighted by molar-refractivity contribution is 7.60. The number of carboxylic acid groups (broad SMARTS) is 1. The third-order valence-electron chi connectivity index (χ3n) is 3.91. The highest BCUT2D eigenvalue weighted by Gasteiger charge is 2.53. The van der Waals surface area contributed by atoms with Crippen molar-refractivity contribution in [1.82, 2.24) is 0 Å². The van der Waals surface area contributed by atoms with E-state index in [1.165, 1.54) is 0 Å². The molecule has 106 valence electrons. The Morgan fingerprint density at radius 2 is 1.94 bits per heavy atom. The molecule has 0 aromatic rings. The number of nitrogens with two attached hydrogens (primary N) is 1. The average Bonchev–Trinajstić information content (AvgIpc) is 2.44. The van der Waals surface area contributed by atoms with Crippen molar-refractivity contribution in [1.29, 1.82) is 0 Å². The van der Waals surface area contributed by atoms with Crippen LogP contribution in [-0.4, -0.2) is 33.8 Å². The van der Waals surface area contributed by atoms with Crippen LogP contribution in [0, 0.1) is 0 Å². The first-order valence-electron chi connectivity index (χ1n) is 6.72. The van der Waals surface area contributed by atoms with Gasteiger partial charge in [0.25, 0.3) is 0 Å². The van der Waals surface area contributed by atoms with Crippen LogP contribution in [-0.2, 0) is 9.36 Å². The molecule has 0 spiro atoms. The molecule has 6 heteroatoms. The number of carboxylic acids is 1. The normalized spacial score (nSPS) is 33.0. The summed E-state index contributed by atoms with van der Waals surface area (Å²) in [6, 6.07) is 0. The van der Waals surface area contributed by atoms with Gasteiger partial charge in [-0.05, 0) is 32.2 Å². The van der Waals surface area contributed by atoms with Gasteiger partial charge in [0.1, 0.15) is 5.16 Å². The Morgan fingerprint density at radius 1 is 1.22 bits per heavy atom. The Morgan fingerprint density at radius 3 is 2.56 bits per heavy atom. The standard InChI is InChI=1S/C12H24NO4P/c13-9-5-1-3-7-12(11(14)15)8-4-2-6-10-18(12,16)17/h1-10,13H2,(H,14,15)(H,16,17). The molecule has 1 fully saturated rings. The van der Waals surface area contributed by atoms with Crippen LogP contribution in [0.25, 0.3) is 0 Å². The van der Waals surface area contributed by atoms with Crippen LogP contribution >= 0.6 is 7.37 Å². The van der Waals surface area contributed by atoms with Crippen LogP contribution in [0.3, 0.4) is 0 Å². The Labute approximate surface area is 108 Å². The zero-order valence-corrected chi connectivity index (χ0v) is 11.7. The van der Waals surface area contributed by atoms with Gasteiger partial charge < -0.3 is 15.7 Å². The van der Waals surface area contributed by atoms with Crippen molar-refractivity contribution < 1.29 is 19.4 Å². The van der Waals surface area contributed by atoms with E-state index < -0.39 is 18.5 Å². The highest BCUT2D eigenvalue weighted by atomic mass is 31.2. The lowest BCUT2D eigenvalue weighted by molar-refractivity contribution is -0.141. The van der Waals surface area contributed by atoms with Gasteiger partial charge in [-0.15, -0.1) is 0 Å². The molecule has 18 heavy (non-hydrogen) atoms. The lowest BCUT2D eigenvalue weighted by atomic mass is 9.94. The first-order chi connectivity index (χ1) is 8.46. The van der Waals surface area contributed by atoms with E-state index >= 15 is 0 Å². The van der Waals surface area contributed by atoms with E-state index in [4.69, 9.17) is 5.73 Å². The van der Waals surface area contributed by atoms with Crippen molar-refractivity contribution in [3.05, 3.63) is 0 Å². The average molecular weight is 277 g/mol. The summed E-state index contributed by atoms with van der Waals surface area (Å²) in [6.45, 7) is 0.580. The zero-order chi connectivity index (χ0) is 13.6. The Kier molecular flexibility index (Phi) is 5.83. The summed E-state index contributed by atoms with van der Waals surface area (Å²) < 4.78 is 12.4. The summed E-state index contributed by atoms with van der Waals surface area (Å²) in [5.41, 5.74) is 5.40. The molecule has 0 amide bonds. The summed E-state index contributed by atoms with van der Waals surface area (Å²) in [6.07, 6.45) is 5.35. The van der Waals surface area contributed by atoms with Crippen LogP contribution in [0.1, 0.15) is 51.4 Å². The van der Waals surface area contributed by atoms with E-state index in [0.29, 0.717) is 32.2 Å². The molecule has 0 aromatic heterocycles. The second kappa shape index (κ2) is 6.69. The van der Waals surface area contributed by atoms with Crippen molar-refractivity contribution >= 4 is 13.3 Å². The third-order valence-corrected chi connectivity index (χ3v) is 6.81. The van der Waals surface area contributed by atoms with E-state index in [9.17, 15) is 19.4 Å². The molecular weight excluding hydrogens is 253 g/mol. The minimum atomic E-state index is -3.61. The topological polar surface area (TPSA) is 101 Å². The van der Waals surface area contributed by atoms with Gasteiger partial charge in [0.05, 0.1) is 0 Å². The number of unbranched alkanes of at least 4 members (excludes halogenated alkanes) is 2. The molecule has 2 atom stereocenters. The molecule has 2 unspecified atom stereocenters. The van der Waals surface area contributed by atoms with Gasteiger partial charge in [0, 0.05) is 6.16 Å². The predicted octanol–water partition coefficient (Wildman–Crippen LogP) is 2.17. The fourth-order valence-corrected chi connectivity index (χ4v) is 5.10. The van der Waals surface area contributed by atoms with E-state index in [2.05, 4.69) is 0 Å². The third kappa shape index (κ3) is 3.34. The molecule has 1 aliphatic heterocycles. The Bertz CT molecular complexity index is 334. The lowest BCUT2D eigenvalue weighted by Crippen LogP contribution is -2.38. The fraction of sp³-hybridized carbons (Fsp3) is 0.917. The first-order valence-corrected chi connectivity index (χ1v) is 8.56. The maximum Gasteiger partial charge on any atom is 0.319 e. The SMILES string of the molecule is NCCCCCC1(C(=O)O)CCCCCP1(=O)O. The molecular formula is C12H24NO4P. The summed E-state index contributed by atoms with van der Waals surface area (Å²) in [4.78, 5) is 21.7. The summed E-state index contributed by atoms with van der Waals surface area (Å²) in [5, 5.41) is 8.04. The predicted molar refractivity (Wildman–Crippen MR) is 71.0 cm³/mol. The molecule has 1 rings (SSSR count). The second-order valence-electron chi connectivity index (χ2n) is 5.17. The molecule has 1 saturated heterocycles. The van der Waals surface area contributed by atoms with Crippen molar-refractivity contribution in [3.63, 3.8) is 0 Å². The van der Waals surface area contributed by atoms with Crippen LogP contribution in [0.15, 0.2) is 0 Å². The van der Waals surface area contributed by atoms with Gasteiger partial charge >= 0.3 is 5.97 Å². The van der Waals surface area contributed by atoms with Crippen molar-refractivity contribution in [2.24, 2.45) is 5.73 Å². The monoisotopic (exact) mass is 277 g/mol. The largest absolute Gasteiger partial charge is 0.480 e. The van der Waals surface area contributed by atoms with Gasteiger partial charge in [0.15, 0.2) is 0 Å². The van der Waals surface area contributed by atoms with Gasteiger partial charge in [-0.2, -0.15) is 0 Å². The zero-order valence-electron chi connectivity index (χ0n) is 10.8.